The lowest BCUT2D eigenvalue weighted by molar-refractivity contribution is 0.0572. The summed E-state index contributed by atoms with van der Waals surface area (Å²) in [6.45, 7) is 9.80. The summed E-state index contributed by atoms with van der Waals surface area (Å²) in [5.41, 5.74) is 7.28. The van der Waals surface area contributed by atoms with Crippen LogP contribution in [0.25, 0.3) is 0 Å². The lowest BCUT2D eigenvalue weighted by Gasteiger charge is -2.43. The second-order valence-electron chi connectivity index (χ2n) is 5.41. The van der Waals surface area contributed by atoms with Crippen LogP contribution in [0, 0.1) is 0 Å². The summed E-state index contributed by atoms with van der Waals surface area (Å²) in [5, 5.41) is 0. The van der Waals surface area contributed by atoms with Crippen LogP contribution in [0.2, 0.25) is 0 Å². The summed E-state index contributed by atoms with van der Waals surface area (Å²) in [5.74, 6) is 0. The molecule has 2 N–H and O–H groups in total. The Morgan fingerprint density at radius 2 is 2.11 bits per heavy atom. The second kappa shape index (κ2) is 6.98. The maximum atomic E-state index is 6.00. The van der Waals surface area contributed by atoms with E-state index in [4.69, 9.17) is 5.73 Å². The third kappa shape index (κ3) is 3.53. The minimum atomic E-state index is 0.328. The Hall–Kier alpha value is -0.970. The van der Waals surface area contributed by atoms with Gasteiger partial charge in [0.15, 0.2) is 0 Å². The van der Waals surface area contributed by atoms with E-state index in [9.17, 15) is 0 Å². The van der Waals surface area contributed by atoms with Crippen molar-refractivity contribution >= 4 is 0 Å². The molecule has 1 aromatic heterocycles. The molecular weight excluding hydrogens is 236 g/mol. The fourth-order valence-electron chi connectivity index (χ4n) is 3.01. The standard InChI is InChI=1S/C15H26N4/c1-3-8-18-9-10-19(12-13(18)2)15(11-16)14-4-6-17-7-5-14/h4-7,13,15H,3,8-12,16H2,1-2H3. The van der Waals surface area contributed by atoms with Crippen LogP contribution in [-0.2, 0) is 0 Å². The van der Waals surface area contributed by atoms with Gasteiger partial charge in [0.1, 0.15) is 0 Å². The van der Waals surface area contributed by atoms with Crippen LogP contribution in [-0.4, -0.2) is 53.5 Å². The number of hydrogen-bond acceptors (Lipinski definition) is 4. The van der Waals surface area contributed by atoms with Gasteiger partial charge >= 0.3 is 0 Å². The van der Waals surface area contributed by atoms with E-state index in [1.165, 1.54) is 18.5 Å². The quantitative estimate of drug-likeness (QED) is 0.873. The highest BCUT2D eigenvalue weighted by Gasteiger charge is 2.27. The highest BCUT2D eigenvalue weighted by Crippen LogP contribution is 2.22. The Bertz CT molecular complexity index is 368. The first-order valence-electron chi connectivity index (χ1n) is 7.34. The Morgan fingerprint density at radius 1 is 1.37 bits per heavy atom. The lowest BCUT2D eigenvalue weighted by Crippen LogP contribution is -2.53. The largest absolute Gasteiger partial charge is 0.329 e. The molecule has 19 heavy (non-hydrogen) atoms. The number of pyridine rings is 1. The minimum Gasteiger partial charge on any atom is -0.329 e. The van der Waals surface area contributed by atoms with Crippen molar-refractivity contribution in [2.75, 3.05) is 32.7 Å². The van der Waals surface area contributed by atoms with E-state index >= 15 is 0 Å². The minimum absolute atomic E-state index is 0.328. The average Bonchev–Trinajstić information content (AvgIpc) is 2.44. The van der Waals surface area contributed by atoms with Crippen molar-refractivity contribution in [1.82, 2.24) is 14.8 Å². The van der Waals surface area contributed by atoms with Crippen LogP contribution < -0.4 is 5.73 Å². The van der Waals surface area contributed by atoms with Crippen LogP contribution in [0.3, 0.4) is 0 Å². The number of nitrogens with zero attached hydrogens (tertiary/aromatic N) is 3. The lowest BCUT2D eigenvalue weighted by atomic mass is 10.0. The van der Waals surface area contributed by atoms with Crippen LogP contribution in [0.15, 0.2) is 24.5 Å². The maximum Gasteiger partial charge on any atom is 0.0472 e. The SMILES string of the molecule is CCCN1CCN(C(CN)c2ccncc2)CC1C. The number of nitrogens with two attached hydrogens (primary N) is 1. The van der Waals surface area contributed by atoms with Crippen molar-refractivity contribution in [3.8, 4) is 0 Å². The van der Waals surface area contributed by atoms with E-state index in [0.717, 1.165) is 19.6 Å². The van der Waals surface area contributed by atoms with E-state index < -0.39 is 0 Å². The van der Waals surface area contributed by atoms with Gasteiger partial charge in [0.25, 0.3) is 0 Å². The van der Waals surface area contributed by atoms with Crippen molar-refractivity contribution < 1.29 is 0 Å². The van der Waals surface area contributed by atoms with Gasteiger partial charge in [0.2, 0.25) is 0 Å². The molecule has 0 aliphatic carbocycles. The zero-order valence-corrected chi connectivity index (χ0v) is 12.1. The molecular formula is C15H26N4. The normalized spacial score (nSPS) is 23.4. The molecule has 1 aliphatic heterocycles. The number of hydrogen-bond donors (Lipinski definition) is 1. The molecule has 1 saturated heterocycles. The molecule has 0 bridgehead atoms. The first-order valence-corrected chi connectivity index (χ1v) is 7.34. The fourth-order valence-corrected chi connectivity index (χ4v) is 3.01. The van der Waals surface area contributed by atoms with Gasteiger partial charge in [-0.3, -0.25) is 14.8 Å². The van der Waals surface area contributed by atoms with E-state index in [-0.39, 0.29) is 0 Å². The molecule has 4 nitrogen and oxygen atoms in total. The summed E-state index contributed by atoms with van der Waals surface area (Å²) in [7, 11) is 0. The molecule has 0 radical (unpaired) electrons. The van der Waals surface area contributed by atoms with Gasteiger partial charge in [-0.25, -0.2) is 0 Å². The summed E-state index contributed by atoms with van der Waals surface area (Å²) in [6, 6.07) is 5.11. The average molecular weight is 262 g/mol. The van der Waals surface area contributed by atoms with E-state index in [1.807, 2.05) is 12.4 Å². The van der Waals surface area contributed by atoms with Crippen molar-refractivity contribution in [2.45, 2.75) is 32.4 Å². The Kier molecular flexibility index (Phi) is 5.31. The second-order valence-corrected chi connectivity index (χ2v) is 5.41. The zero-order chi connectivity index (χ0) is 13.7. The predicted octanol–water partition coefficient (Wildman–Crippen LogP) is 1.50. The van der Waals surface area contributed by atoms with Gasteiger partial charge in [-0.15, -0.1) is 0 Å². The van der Waals surface area contributed by atoms with Crippen molar-refractivity contribution in [3.05, 3.63) is 30.1 Å². The molecule has 0 spiro atoms. The van der Waals surface area contributed by atoms with Crippen molar-refractivity contribution in [2.24, 2.45) is 5.73 Å². The molecule has 0 amide bonds. The highest BCUT2D eigenvalue weighted by molar-refractivity contribution is 5.16. The molecule has 2 unspecified atom stereocenters. The van der Waals surface area contributed by atoms with Crippen LogP contribution in [0.4, 0.5) is 0 Å². The van der Waals surface area contributed by atoms with E-state index in [0.29, 0.717) is 18.6 Å². The summed E-state index contributed by atoms with van der Waals surface area (Å²) >= 11 is 0. The Balaban J connectivity index is 2.02. The molecule has 2 rings (SSSR count). The van der Waals surface area contributed by atoms with Crippen LogP contribution in [0.1, 0.15) is 31.9 Å². The van der Waals surface area contributed by atoms with Gasteiger partial charge in [0, 0.05) is 50.7 Å². The number of aromatic nitrogens is 1. The molecule has 2 heterocycles. The summed E-state index contributed by atoms with van der Waals surface area (Å²) in [4.78, 5) is 9.19. The monoisotopic (exact) mass is 262 g/mol. The number of piperazine rings is 1. The molecule has 0 aromatic carbocycles. The zero-order valence-electron chi connectivity index (χ0n) is 12.1. The van der Waals surface area contributed by atoms with Gasteiger partial charge in [0.05, 0.1) is 0 Å². The van der Waals surface area contributed by atoms with Crippen molar-refractivity contribution in [3.63, 3.8) is 0 Å². The number of rotatable bonds is 5. The summed E-state index contributed by atoms with van der Waals surface area (Å²) < 4.78 is 0. The predicted molar refractivity (Wildman–Crippen MR) is 78.9 cm³/mol. The molecule has 4 heteroatoms. The smallest absolute Gasteiger partial charge is 0.0472 e. The highest BCUT2D eigenvalue weighted by atomic mass is 15.3. The third-order valence-corrected chi connectivity index (χ3v) is 4.06. The maximum absolute atomic E-state index is 6.00. The molecule has 1 fully saturated rings. The van der Waals surface area contributed by atoms with Gasteiger partial charge in [-0.2, -0.15) is 0 Å². The topological polar surface area (TPSA) is 45.4 Å². The first kappa shape index (κ1) is 14.4. The van der Waals surface area contributed by atoms with Crippen LogP contribution >= 0.6 is 0 Å². The van der Waals surface area contributed by atoms with Gasteiger partial charge < -0.3 is 5.73 Å². The van der Waals surface area contributed by atoms with E-state index in [2.05, 4.69) is 40.8 Å². The first-order chi connectivity index (χ1) is 9.26. The van der Waals surface area contributed by atoms with Crippen LogP contribution in [0.5, 0.6) is 0 Å². The molecule has 106 valence electrons. The molecule has 1 aliphatic rings. The molecule has 0 saturated carbocycles. The van der Waals surface area contributed by atoms with Gasteiger partial charge in [-0.1, -0.05) is 6.92 Å². The van der Waals surface area contributed by atoms with Gasteiger partial charge in [-0.05, 0) is 37.6 Å². The Morgan fingerprint density at radius 3 is 2.68 bits per heavy atom. The third-order valence-electron chi connectivity index (χ3n) is 4.06. The van der Waals surface area contributed by atoms with Crippen molar-refractivity contribution in [1.29, 1.82) is 0 Å². The summed E-state index contributed by atoms with van der Waals surface area (Å²) in [6.07, 6.45) is 4.94. The fraction of sp³-hybridized carbons (Fsp3) is 0.667. The molecule has 1 aromatic rings. The van der Waals surface area contributed by atoms with E-state index in [1.54, 1.807) is 0 Å². The molecule has 2 atom stereocenters. The Labute approximate surface area is 116 Å².